The lowest BCUT2D eigenvalue weighted by Gasteiger charge is -2.01. The zero-order valence-corrected chi connectivity index (χ0v) is 11.1. The van der Waals surface area contributed by atoms with Crippen LogP contribution in [0, 0.1) is 5.92 Å². The second-order valence-electron chi connectivity index (χ2n) is 4.57. The fourth-order valence-electron chi connectivity index (χ4n) is 1.61. The largest absolute Gasteiger partial charge is 0.407 e. The summed E-state index contributed by atoms with van der Waals surface area (Å²) >= 11 is 5.80. The molecule has 1 aliphatic heterocycles. The van der Waals surface area contributed by atoms with Crippen LogP contribution in [0.1, 0.15) is 25.8 Å². The molecule has 0 fully saturated rings. The summed E-state index contributed by atoms with van der Waals surface area (Å²) in [5.74, 6) is 0.516. The highest BCUT2D eigenvalue weighted by atomic mass is 35.5. The summed E-state index contributed by atoms with van der Waals surface area (Å²) in [6.07, 6.45) is 2.37. The maximum absolute atomic E-state index is 11.6. The zero-order chi connectivity index (χ0) is 13.1. The highest BCUT2D eigenvalue weighted by molar-refractivity contribution is 6.30. The van der Waals surface area contributed by atoms with Crippen LogP contribution in [0.5, 0.6) is 0 Å². The first-order valence-electron chi connectivity index (χ1n) is 5.81. The van der Waals surface area contributed by atoms with Gasteiger partial charge in [0.2, 0.25) is 0 Å². The van der Waals surface area contributed by atoms with Crippen LogP contribution >= 0.6 is 11.6 Å². The van der Waals surface area contributed by atoms with Gasteiger partial charge in [-0.15, -0.1) is 0 Å². The molecule has 0 amide bonds. The van der Waals surface area contributed by atoms with Gasteiger partial charge in [0.15, 0.2) is 11.6 Å². The van der Waals surface area contributed by atoms with Gasteiger partial charge in [0.25, 0.3) is 0 Å². The number of halogens is 1. The van der Waals surface area contributed by atoms with Gasteiger partial charge in [0, 0.05) is 11.4 Å². The number of ether oxygens (including phenoxy) is 1. The van der Waals surface area contributed by atoms with E-state index < -0.39 is 0 Å². The molecule has 3 nitrogen and oxygen atoms in total. The van der Waals surface area contributed by atoms with Crippen LogP contribution in [-0.4, -0.2) is 11.9 Å². The van der Waals surface area contributed by atoms with Crippen molar-refractivity contribution in [2.45, 2.75) is 20.3 Å². The first-order valence-corrected chi connectivity index (χ1v) is 6.19. The summed E-state index contributed by atoms with van der Waals surface area (Å²) in [7, 11) is 0. The van der Waals surface area contributed by atoms with Gasteiger partial charge < -0.3 is 4.74 Å². The number of rotatable bonds is 3. The number of carbonyl (C=O) groups excluding carboxylic acids is 1. The summed E-state index contributed by atoms with van der Waals surface area (Å²) < 4.78 is 5.10. The van der Waals surface area contributed by atoms with E-state index in [4.69, 9.17) is 16.3 Å². The minimum absolute atomic E-state index is 0.341. The Kier molecular flexibility index (Phi) is 3.82. The number of esters is 1. The molecule has 94 valence electrons. The van der Waals surface area contributed by atoms with Crippen LogP contribution in [0.15, 0.2) is 35.0 Å². The van der Waals surface area contributed by atoms with E-state index in [1.807, 2.05) is 12.1 Å². The molecule has 0 spiro atoms. The van der Waals surface area contributed by atoms with Crippen LogP contribution in [0.3, 0.4) is 0 Å². The molecule has 0 radical (unpaired) electrons. The Morgan fingerprint density at radius 1 is 1.33 bits per heavy atom. The van der Waals surface area contributed by atoms with Crippen molar-refractivity contribution in [2.24, 2.45) is 10.9 Å². The molecule has 0 unspecified atom stereocenters. The quantitative estimate of drug-likeness (QED) is 0.616. The molecule has 2 rings (SSSR count). The van der Waals surface area contributed by atoms with E-state index in [2.05, 4.69) is 18.8 Å². The smallest absolute Gasteiger partial charge is 0.363 e. The summed E-state index contributed by atoms with van der Waals surface area (Å²) in [5, 5.41) is 0.662. The molecule has 1 aliphatic rings. The predicted molar refractivity (Wildman–Crippen MR) is 72.4 cm³/mol. The number of hydrogen-bond donors (Lipinski definition) is 0. The Hall–Kier alpha value is -1.61. The van der Waals surface area contributed by atoms with Gasteiger partial charge in [-0.2, -0.15) is 0 Å². The van der Waals surface area contributed by atoms with Crippen LogP contribution < -0.4 is 0 Å². The maximum Gasteiger partial charge on any atom is 0.363 e. The number of nitrogens with zero attached hydrogens (tertiary/aromatic N) is 1. The average molecular weight is 264 g/mol. The van der Waals surface area contributed by atoms with E-state index in [1.165, 1.54) is 0 Å². The topological polar surface area (TPSA) is 38.7 Å². The molecule has 1 aromatic rings. The van der Waals surface area contributed by atoms with Crippen LogP contribution in [0.2, 0.25) is 5.02 Å². The molecule has 0 atom stereocenters. The van der Waals surface area contributed by atoms with Crippen molar-refractivity contribution >= 4 is 29.5 Å². The number of carbonyl (C=O) groups is 1. The molecule has 18 heavy (non-hydrogen) atoms. The normalized spacial score (nSPS) is 17.2. The van der Waals surface area contributed by atoms with E-state index >= 15 is 0 Å². The van der Waals surface area contributed by atoms with Gasteiger partial charge in [-0.05, 0) is 29.7 Å². The first kappa shape index (κ1) is 12.8. The number of cyclic esters (lactones) is 1. The standard InChI is InChI=1S/C14H14ClNO2/c1-9(2)7-13-16-12(14(17)18-13)8-10-3-5-11(15)6-4-10/h3-6,8-9H,7H2,1-2H3/b12-8+. The van der Waals surface area contributed by atoms with Gasteiger partial charge in [-0.1, -0.05) is 37.6 Å². The van der Waals surface area contributed by atoms with Gasteiger partial charge >= 0.3 is 5.97 Å². The Bertz CT molecular complexity index is 515. The number of benzene rings is 1. The van der Waals surface area contributed by atoms with E-state index in [1.54, 1.807) is 18.2 Å². The Morgan fingerprint density at radius 3 is 2.61 bits per heavy atom. The van der Waals surface area contributed by atoms with Gasteiger partial charge in [0.05, 0.1) is 0 Å². The van der Waals surface area contributed by atoms with Crippen molar-refractivity contribution in [1.82, 2.24) is 0 Å². The van der Waals surface area contributed by atoms with Crippen molar-refractivity contribution in [2.75, 3.05) is 0 Å². The molecular formula is C14H14ClNO2. The molecule has 4 heteroatoms. The highest BCUT2D eigenvalue weighted by Crippen LogP contribution is 2.19. The third kappa shape index (κ3) is 3.20. The van der Waals surface area contributed by atoms with Gasteiger partial charge in [-0.25, -0.2) is 9.79 Å². The van der Waals surface area contributed by atoms with E-state index in [-0.39, 0.29) is 5.97 Å². The lowest BCUT2D eigenvalue weighted by molar-refractivity contribution is -0.130. The molecule has 0 saturated carbocycles. The lowest BCUT2D eigenvalue weighted by Crippen LogP contribution is -2.06. The average Bonchev–Trinajstić information content (AvgIpc) is 2.61. The molecule has 0 saturated heterocycles. The first-order chi connectivity index (χ1) is 8.54. The van der Waals surface area contributed by atoms with E-state index in [9.17, 15) is 4.79 Å². The molecule has 1 aromatic carbocycles. The zero-order valence-electron chi connectivity index (χ0n) is 10.3. The van der Waals surface area contributed by atoms with Crippen molar-refractivity contribution in [3.05, 3.63) is 40.5 Å². The van der Waals surface area contributed by atoms with Crippen molar-refractivity contribution in [1.29, 1.82) is 0 Å². The minimum Gasteiger partial charge on any atom is -0.407 e. The molecule has 0 aliphatic carbocycles. The second-order valence-corrected chi connectivity index (χ2v) is 5.01. The molecule has 0 N–H and O–H groups in total. The Labute approximate surface area is 111 Å². The molecule has 0 aromatic heterocycles. The third-order valence-corrected chi connectivity index (χ3v) is 2.67. The molecular weight excluding hydrogens is 250 g/mol. The predicted octanol–water partition coefficient (Wildman–Crippen LogP) is 3.68. The van der Waals surface area contributed by atoms with Crippen LogP contribution in [0.25, 0.3) is 6.08 Å². The van der Waals surface area contributed by atoms with Crippen LogP contribution in [-0.2, 0) is 9.53 Å². The van der Waals surface area contributed by atoms with Crippen molar-refractivity contribution < 1.29 is 9.53 Å². The molecule has 1 heterocycles. The number of hydrogen-bond acceptors (Lipinski definition) is 3. The minimum atomic E-state index is -0.388. The van der Waals surface area contributed by atoms with Gasteiger partial charge in [-0.3, -0.25) is 0 Å². The van der Waals surface area contributed by atoms with Crippen molar-refractivity contribution in [3.8, 4) is 0 Å². The fraction of sp³-hybridized carbons (Fsp3) is 0.286. The van der Waals surface area contributed by atoms with Gasteiger partial charge in [0.1, 0.15) is 0 Å². The monoisotopic (exact) mass is 263 g/mol. The summed E-state index contributed by atoms with van der Waals surface area (Å²) in [5.41, 5.74) is 1.22. The van der Waals surface area contributed by atoms with Crippen molar-refractivity contribution in [3.63, 3.8) is 0 Å². The van der Waals surface area contributed by atoms with Crippen LogP contribution in [0.4, 0.5) is 0 Å². The molecule has 0 bridgehead atoms. The summed E-state index contributed by atoms with van der Waals surface area (Å²) in [6.45, 7) is 4.11. The highest BCUT2D eigenvalue weighted by Gasteiger charge is 2.23. The van der Waals surface area contributed by atoms with E-state index in [0.717, 1.165) is 5.56 Å². The third-order valence-electron chi connectivity index (χ3n) is 2.42. The summed E-state index contributed by atoms with van der Waals surface area (Å²) in [6, 6.07) is 7.21. The second kappa shape index (κ2) is 5.36. The maximum atomic E-state index is 11.6. The summed E-state index contributed by atoms with van der Waals surface area (Å²) in [4.78, 5) is 15.8. The Balaban J connectivity index is 2.20. The SMILES string of the molecule is CC(C)CC1=N/C(=C/c2ccc(Cl)cc2)C(=O)O1. The van der Waals surface area contributed by atoms with E-state index in [0.29, 0.717) is 29.0 Å². The Morgan fingerprint density at radius 2 is 2.00 bits per heavy atom. The fourth-order valence-corrected chi connectivity index (χ4v) is 1.73. The lowest BCUT2D eigenvalue weighted by atomic mass is 10.1. The number of aliphatic imine (C=N–C) groups is 1.